The van der Waals surface area contributed by atoms with E-state index < -0.39 is 11.7 Å². The summed E-state index contributed by atoms with van der Waals surface area (Å²) in [5.74, 6) is 0. The fourth-order valence-corrected chi connectivity index (χ4v) is 1.60. The summed E-state index contributed by atoms with van der Waals surface area (Å²) in [4.78, 5) is 0.0423. The van der Waals surface area contributed by atoms with Crippen molar-refractivity contribution in [1.82, 2.24) is 15.0 Å². The van der Waals surface area contributed by atoms with E-state index in [4.69, 9.17) is 0 Å². The summed E-state index contributed by atoms with van der Waals surface area (Å²) in [6.45, 7) is 1.89. The van der Waals surface area contributed by atoms with Crippen LogP contribution in [0.2, 0.25) is 0 Å². The maximum atomic E-state index is 12.4. The van der Waals surface area contributed by atoms with Crippen molar-refractivity contribution in [3.05, 3.63) is 41.7 Å². The van der Waals surface area contributed by atoms with Crippen LogP contribution in [0.4, 0.5) is 13.2 Å². The maximum absolute atomic E-state index is 12.4. The third-order valence-corrected chi connectivity index (χ3v) is 2.85. The molecule has 0 bridgehead atoms. The zero-order chi connectivity index (χ0) is 13.3. The lowest BCUT2D eigenvalue weighted by molar-refractivity contribution is -0.137. The molecule has 0 aliphatic carbocycles. The molecule has 0 spiro atoms. The summed E-state index contributed by atoms with van der Waals surface area (Å²) in [5, 5.41) is 7.76. The van der Waals surface area contributed by atoms with Gasteiger partial charge in [-0.05, 0) is 31.2 Å². The Bertz CT molecular complexity index is 531. The molecule has 18 heavy (non-hydrogen) atoms. The Morgan fingerprint density at radius 3 is 2.28 bits per heavy atom. The predicted octanol–water partition coefficient (Wildman–Crippen LogP) is 3.74. The van der Waals surface area contributed by atoms with Gasteiger partial charge in [-0.1, -0.05) is 21.1 Å². The Hall–Kier alpha value is -1.37. The van der Waals surface area contributed by atoms with Gasteiger partial charge in [0, 0.05) is 0 Å². The Balaban J connectivity index is 2.29. The minimum Gasteiger partial charge on any atom is -0.220 e. The first kappa shape index (κ1) is 13.1. The van der Waals surface area contributed by atoms with Crippen LogP contribution in [0.15, 0.2) is 30.5 Å². The van der Waals surface area contributed by atoms with E-state index in [0.29, 0.717) is 5.69 Å². The molecular formula is C11H9BrF3N3. The van der Waals surface area contributed by atoms with Crippen LogP contribution in [0.5, 0.6) is 0 Å². The van der Waals surface area contributed by atoms with Crippen molar-refractivity contribution in [2.24, 2.45) is 0 Å². The molecule has 1 heterocycles. The molecule has 1 aromatic heterocycles. The van der Waals surface area contributed by atoms with Gasteiger partial charge in [0.25, 0.3) is 0 Å². The van der Waals surface area contributed by atoms with E-state index in [1.165, 1.54) is 16.8 Å². The number of aromatic nitrogens is 3. The quantitative estimate of drug-likeness (QED) is 0.789. The molecule has 0 amide bonds. The van der Waals surface area contributed by atoms with Gasteiger partial charge >= 0.3 is 6.18 Å². The predicted molar refractivity (Wildman–Crippen MR) is 63.7 cm³/mol. The summed E-state index contributed by atoms with van der Waals surface area (Å²) < 4.78 is 38.6. The maximum Gasteiger partial charge on any atom is 0.416 e. The lowest BCUT2D eigenvalue weighted by Crippen LogP contribution is -2.05. The SMILES string of the molecule is CC(Br)c1cn(-c2ccc(C(F)(F)F)cc2)nn1. The highest BCUT2D eigenvalue weighted by Gasteiger charge is 2.30. The normalized spacial score (nSPS) is 13.6. The first-order valence-corrected chi connectivity index (χ1v) is 6.03. The summed E-state index contributed by atoms with van der Waals surface area (Å²) in [5.41, 5.74) is 0.574. The van der Waals surface area contributed by atoms with Gasteiger partial charge in [0.15, 0.2) is 0 Å². The zero-order valence-electron chi connectivity index (χ0n) is 9.32. The molecular weight excluding hydrogens is 311 g/mol. The fraction of sp³-hybridized carbons (Fsp3) is 0.273. The largest absolute Gasteiger partial charge is 0.416 e. The molecule has 0 fully saturated rings. The molecule has 96 valence electrons. The minimum atomic E-state index is -4.32. The molecule has 0 aliphatic heterocycles. The summed E-state index contributed by atoms with van der Waals surface area (Å²) in [6.07, 6.45) is -2.65. The summed E-state index contributed by atoms with van der Waals surface area (Å²) >= 11 is 3.34. The first-order chi connectivity index (χ1) is 8.38. The van der Waals surface area contributed by atoms with Gasteiger partial charge in [0.2, 0.25) is 0 Å². The summed E-state index contributed by atoms with van der Waals surface area (Å²) in [6, 6.07) is 4.77. The van der Waals surface area contributed by atoms with Crippen LogP contribution in [-0.4, -0.2) is 15.0 Å². The van der Waals surface area contributed by atoms with Gasteiger partial charge in [0.1, 0.15) is 0 Å². The lowest BCUT2D eigenvalue weighted by atomic mass is 10.2. The second-order valence-corrected chi connectivity index (χ2v) is 5.12. The number of nitrogens with zero attached hydrogens (tertiary/aromatic N) is 3. The summed E-state index contributed by atoms with van der Waals surface area (Å²) in [7, 11) is 0. The van der Waals surface area contributed by atoms with Crippen molar-refractivity contribution in [1.29, 1.82) is 0 Å². The molecule has 2 aromatic rings. The third kappa shape index (κ3) is 2.72. The van der Waals surface area contributed by atoms with E-state index in [1.807, 2.05) is 6.92 Å². The Morgan fingerprint density at radius 1 is 1.22 bits per heavy atom. The monoisotopic (exact) mass is 319 g/mol. The van der Waals surface area contributed by atoms with E-state index in [1.54, 1.807) is 6.20 Å². The van der Waals surface area contributed by atoms with Crippen LogP contribution < -0.4 is 0 Å². The number of rotatable bonds is 2. The van der Waals surface area contributed by atoms with Crippen molar-refractivity contribution >= 4 is 15.9 Å². The molecule has 0 saturated carbocycles. The van der Waals surface area contributed by atoms with E-state index in [9.17, 15) is 13.2 Å². The Morgan fingerprint density at radius 2 is 1.83 bits per heavy atom. The number of hydrogen-bond acceptors (Lipinski definition) is 2. The van der Waals surface area contributed by atoms with Gasteiger partial charge in [-0.2, -0.15) is 13.2 Å². The van der Waals surface area contributed by atoms with Gasteiger partial charge < -0.3 is 0 Å². The van der Waals surface area contributed by atoms with Crippen LogP contribution in [0.25, 0.3) is 5.69 Å². The van der Waals surface area contributed by atoms with Crippen LogP contribution in [-0.2, 0) is 6.18 Å². The first-order valence-electron chi connectivity index (χ1n) is 5.12. The number of benzene rings is 1. The number of halogens is 4. The minimum absolute atomic E-state index is 0.0423. The van der Waals surface area contributed by atoms with E-state index in [-0.39, 0.29) is 4.83 Å². The van der Waals surface area contributed by atoms with Crippen molar-refractivity contribution in [2.45, 2.75) is 17.9 Å². The molecule has 2 rings (SSSR count). The van der Waals surface area contributed by atoms with Crippen LogP contribution in [0.3, 0.4) is 0 Å². The van der Waals surface area contributed by atoms with Crippen molar-refractivity contribution in [3.8, 4) is 5.69 Å². The van der Waals surface area contributed by atoms with Gasteiger partial charge in [0.05, 0.1) is 28.0 Å². The molecule has 1 atom stereocenters. The Labute approximate surface area is 110 Å². The zero-order valence-corrected chi connectivity index (χ0v) is 10.9. The van der Waals surface area contributed by atoms with Gasteiger partial charge in [-0.3, -0.25) is 0 Å². The third-order valence-electron chi connectivity index (χ3n) is 2.38. The molecule has 0 aliphatic rings. The second-order valence-electron chi connectivity index (χ2n) is 3.75. The Kier molecular flexibility index (Phi) is 3.43. The van der Waals surface area contributed by atoms with Crippen molar-refractivity contribution in [2.75, 3.05) is 0 Å². The molecule has 0 radical (unpaired) electrons. The molecule has 3 nitrogen and oxygen atoms in total. The average molecular weight is 320 g/mol. The fourth-order valence-electron chi connectivity index (χ4n) is 1.39. The number of hydrogen-bond donors (Lipinski definition) is 0. The molecule has 0 saturated heterocycles. The van der Waals surface area contributed by atoms with Crippen LogP contribution in [0.1, 0.15) is 23.0 Å². The highest BCUT2D eigenvalue weighted by Crippen LogP contribution is 2.29. The van der Waals surface area contributed by atoms with Gasteiger partial charge in [-0.15, -0.1) is 5.10 Å². The van der Waals surface area contributed by atoms with Crippen LogP contribution >= 0.6 is 15.9 Å². The molecule has 0 N–H and O–H groups in total. The lowest BCUT2D eigenvalue weighted by Gasteiger charge is -2.07. The van der Waals surface area contributed by atoms with E-state index in [2.05, 4.69) is 26.2 Å². The van der Waals surface area contributed by atoms with Crippen molar-refractivity contribution < 1.29 is 13.2 Å². The molecule has 1 aromatic carbocycles. The topological polar surface area (TPSA) is 30.7 Å². The van der Waals surface area contributed by atoms with Crippen LogP contribution in [0, 0.1) is 0 Å². The standard InChI is InChI=1S/C11H9BrF3N3/c1-7(12)10-6-18(17-16-10)9-4-2-8(3-5-9)11(13,14)15/h2-7H,1H3. The molecule has 7 heteroatoms. The number of alkyl halides is 4. The van der Waals surface area contributed by atoms with Crippen molar-refractivity contribution in [3.63, 3.8) is 0 Å². The molecule has 1 unspecified atom stereocenters. The highest BCUT2D eigenvalue weighted by atomic mass is 79.9. The average Bonchev–Trinajstić information content (AvgIpc) is 2.77. The van der Waals surface area contributed by atoms with Gasteiger partial charge in [-0.25, -0.2) is 4.68 Å². The highest BCUT2D eigenvalue weighted by molar-refractivity contribution is 9.09. The second kappa shape index (κ2) is 4.72. The van der Waals surface area contributed by atoms with E-state index >= 15 is 0 Å². The smallest absolute Gasteiger partial charge is 0.220 e. The van der Waals surface area contributed by atoms with E-state index in [0.717, 1.165) is 17.8 Å².